The molecular formula is C63H110O6. The van der Waals surface area contributed by atoms with Crippen molar-refractivity contribution in [2.75, 3.05) is 13.2 Å². The van der Waals surface area contributed by atoms with Crippen LogP contribution in [0.3, 0.4) is 0 Å². The van der Waals surface area contributed by atoms with E-state index in [1.807, 2.05) is 0 Å². The average molecular weight is 964 g/mol. The summed E-state index contributed by atoms with van der Waals surface area (Å²) in [5, 5.41) is 0. The molecule has 0 aromatic heterocycles. The zero-order valence-electron chi connectivity index (χ0n) is 45.6. The third-order valence-corrected chi connectivity index (χ3v) is 12.7. The normalized spacial score (nSPS) is 12.6. The highest BCUT2D eigenvalue weighted by Gasteiger charge is 2.19. The Hall–Kier alpha value is -3.15. The summed E-state index contributed by atoms with van der Waals surface area (Å²) >= 11 is 0. The highest BCUT2D eigenvalue weighted by Crippen LogP contribution is 2.15. The topological polar surface area (TPSA) is 78.9 Å². The Balaban J connectivity index is 4.42. The highest BCUT2D eigenvalue weighted by molar-refractivity contribution is 5.71. The Bertz CT molecular complexity index is 1290. The summed E-state index contributed by atoms with van der Waals surface area (Å²) < 4.78 is 16.9. The number of hydrogen-bond acceptors (Lipinski definition) is 6. The van der Waals surface area contributed by atoms with Crippen molar-refractivity contribution >= 4 is 17.9 Å². The van der Waals surface area contributed by atoms with Gasteiger partial charge in [-0.05, 0) is 116 Å². The Morgan fingerprint density at radius 2 is 0.522 bits per heavy atom. The molecule has 0 spiro atoms. The minimum Gasteiger partial charge on any atom is -0.462 e. The lowest BCUT2D eigenvalue weighted by atomic mass is 10.1. The lowest BCUT2D eigenvalue weighted by Gasteiger charge is -2.18. The lowest BCUT2D eigenvalue weighted by Crippen LogP contribution is -2.30. The van der Waals surface area contributed by atoms with E-state index < -0.39 is 6.10 Å². The molecule has 6 nitrogen and oxygen atoms in total. The van der Waals surface area contributed by atoms with Crippen LogP contribution in [0.5, 0.6) is 0 Å². The Labute approximate surface area is 427 Å². The molecule has 6 heteroatoms. The molecule has 0 heterocycles. The summed E-state index contributed by atoms with van der Waals surface area (Å²) in [4.78, 5) is 38.2. The van der Waals surface area contributed by atoms with E-state index in [9.17, 15) is 14.4 Å². The number of unbranched alkanes of at least 4 members (excludes halogenated alkanes) is 30. The molecule has 0 saturated carbocycles. The van der Waals surface area contributed by atoms with E-state index >= 15 is 0 Å². The van der Waals surface area contributed by atoms with Crippen LogP contribution in [0, 0.1) is 0 Å². The fourth-order valence-electron chi connectivity index (χ4n) is 8.18. The summed E-state index contributed by atoms with van der Waals surface area (Å²) in [7, 11) is 0. The largest absolute Gasteiger partial charge is 0.462 e. The maximum absolute atomic E-state index is 12.9. The zero-order chi connectivity index (χ0) is 50.0. The van der Waals surface area contributed by atoms with Gasteiger partial charge in [0.15, 0.2) is 6.10 Å². The quantitative estimate of drug-likeness (QED) is 0.0262. The standard InChI is InChI=1S/C63H110O6/c1-4-7-10-13-16-19-22-25-28-30-31-33-35-38-41-44-47-50-53-56-62(65)68-59-60(58-67-61(64)55-52-49-46-43-40-37-34-27-24-21-18-15-12-9-6-3)69-63(66)57-54-51-48-45-42-39-36-32-29-26-23-20-17-14-11-8-5-2/h17-18,20-21,25-29,34,36,39,60H,4-16,19,22-24,30-33,35,37-38,40-59H2,1-3H3/b20-17-,21-18-,28-25-,29-26-,34-27-,39-36-/t60-/m1/s1. The smallest absolute Gasteiger partial charge is 0.306 e. The van der Waals surface area contributed by atoms with E-state index in [1.165, 1.54) is 141 Å². The first-order valence-corrected chi connectivity index (χ1v) is 29.4. The highest BCUT2D eigenvalue weighted by atomic mass is 16.6. The number of rotatable bonds is 53. The van der Waals surface area contributed by atoms with Crippen molar-refractivity contribution in [3.05, 3.63) is 72.9 Å². The summed E-state index contributed by atoms with van der Waals surface area (Å²) in [5.74, 6) is -0.919. The molecule has 0 aliphatic heterocycles. The molecular weight excluding hydrogens is 853 g/mol. The van der Waals surface area contributed by atoms with Gasteiger partial charge in [0.2, 0.25) is 0 Å². The Morgan fingerprint density at radius 1 is 0.290 bits per heavy atom. The molecule has 398 valence electrons. The number of hydrogen-bond donors (Lipinski definition) is 0. The van der Waals surface area contributed by atoms with Gasteiger partial charge in [0.1, 0.15) is 13.2 Å². The molecule has 0 aromatic carbocycles. The molecule has 0 aliphatic rings. The molecule has 0 amide bonds. The van der Waals surface area contributed by atoms with Gasteiger partial charge >= 0.3 is 17.9 Å². The van der Waals surface area contributed by atoms with Crippen molar-refractivity contribution in [3.8, 4) is 0 Å². The van der Waals surface area contributed by atoms with Crippen molar-refractivity contribution in [3.63, 3.8) is 0 Å². The first-order chi connectivity index (χ1) is 34.0. The number of ether oxygens (including phenoxy) is 3. The van der Waals surface area contributed by atoms with Crippen LogP contribution in [-0.4, -0.2) is 37.2 Å². The van der Waals surface area contributed by atoms with Gasteiger partial charge < -0.3 is 14.2 Å². The minimum absolute atomic E-state index is 0.0896. The molecule has 0 aliphatic carbocycles. The number of carbonyl (C=O) groups excluding carboxylic acids is 3. The van der Waals surface area contributed by atoms with Crippen LogP contribution in [0.1, 0.15) is 290 Å². The molecule has 0 fully saturated rings. The summed E-state index contributed by atoms with van der Waals surface area (Å²) in [5.41, 5.74) is 0. The summed E-state index contributed by atoms with van der Waals surface area (Å²) in [6.07, 6.45) is 73.1. The first kappa shape index (κ1) is 65.8. The van der Waals surface area contributed by atoms with Crippen LogP contribution in [0.25, 0.3) is 0 Å². The van der Waals surface area contributed by atoms with Crippen molar-refractivity contribution in [2.45, 2.75) is 297 Å². The molecule has 0 rings (SSSR count). The van der Waals surface area contributed by atoms with Crippen molar-refractivity contribution in [1.29, 1.82) is 0 Å². The maximum Gasteiger partial charge on any atom is 0.306 e. The SMILES string of the molecule is CCCCC/C=C\C/C=C\C/C=C\CCCCCCC(=O)O[C@H](COC(=O)CCCCCCC/C=C\C/C=C\CCCCC)COC(=O)CCCCCCCCCCC/C=C\CCCCCCCC. The maximum atomic E-state index is 12.9. The Kier molecular flexibility index (Phi) is 54.8. The molecule has 0 N–H and O–H groups in total. The monoisotopic (exact) mass is 963 g/mol. The van der Waals surface area contributed by atoms with Gasteiger partial charge in [0.05, 0.1) is 0 Å². The molecule has 0 radical (unpaired) electrons. The van der Waals surface area contributed by atoms with Crippen molar-refractivity contribution < 1.29 is 28.6 Å². The predicted molar refractivity (Wildman–Crippen MR) is 298 cm³/mol. The van der Waals surface area contributed by atoms with E-state index in [1.54, 1.807) is 0 Å². The lowest BCUT2D eigenvalue weighted by molar-refractivity contribution is -0.167. The van der Waals surface area contributed by atoms with Crippen LogP contribution >= 0.6 is 0 Å². The van der Waals surface area contributed by atoms with E-state index in [2.05, 4.69) is 93.7 Å². The first-order valence-electron chi connectivity index (χ1n) is 29.4. The third-order valence-electron chi connectivity index (χ3n) is 12.7. The van der Waals surface area contributed by atoms with Gasteiger partial charge in [-0.1, -0.05) is 229 Å². The van der Waals surface area contributed by atoms with E-state index in [4.69, 9.17) is 14.2 Å². The van der Waals surface area contributed by atoms with Crippen LogP contribution in [0.2, 0.25) is 0 Å². The van der Waals surface area contributed by atoms with Gasteiger partial charge in [0.25, 0.3) is 0 Å². The molecule has 0 aromatic rings. The average Bonchev–Trinajstić information content (AvgIpc) is 3.35. The fourth-order valence-corrected chi connectivity index (χ4v) is 8.18. The Morgan fingerprint density at radius 3 is 0.855 bits per heavy atom. The van der Waals surface area contributed by atoms with E-state index in [0.717, 1.165) is 109 Å². The number of allylic oxidation sites excluding steroid dienone is 12. The fraction of sp³-hybridized carbons (Fsp3) is 0.762. The molecule has 0 bridgehead atoms. The van der Waals surface area contributed by atoms with Crippen LogP contribution in [0.15, 0.2) is 72.9 Å². The van der Waals surface area contributed by atoms with Crippen LogP contribution < -0.4 is 0 Å². The van der Waals surface area contributed by atoms with Crippen molar-refractivity contribution in [1.82, 2.24) is 0 Å². The van der Waals surface area contributed by atoms with Gasteiger partial charge in [-0.25, -0.2) is 0 Å². The number of esters is 3. The zero-order valence-corrected chi connectivity index (χ0v) is 45.6. The molecule has 69 heavy (non-hydrogen) atoms. The predicted octanol–water partition coefficient (Wildman–Crippen LogP) is 19.8. The second-order valence-electron chi connectivity index (χ2n) is 19.5. The molecule has 0 saturated heterocycles. The number of carbonyl (C=O) groups is 3. The summed E-state index contributed by atoms with van der Waals surface area (Å²) in [6, 6.07) is 0. The molecule has 0 unspecified atom stereocenters. The van der Waals surface area contributed by atoms with E-state index in [0.29, 0.717) is 19.3 Å². The minimum atomic E-state index is -0.794. The van der Waals surface area contributed by atoms with Crippen LogP contribution in [0.4, 0.5) is 0 Å². The van der Waals surface area contributed by atoms with E-state index in [-0.39, 0.29) is 31.1 Å². The van der Waals surface area contributed by atoms with Gasteiger partial charge in [-0.15, -0.1) is 0 Å². The van der Waals surface area contributed by atoms with Gasteiger partial charge in [-0.2, -0.15) is 0 Å². The van der Waals surface area contributed by atoms with Gasteiger partial charge in [0, 0.05) is 19.3 Å². The van der Waals surface area contributed by atoms with Crippen LogP contribution in [-0.2, 0) is 28.6 Å². The summed E-state index contributed by atoms with van der Waals surface area (Å²) in [6.45, 7) is 6.57. The second kappa shape index (κ2) is 57.4. The third kappa shape index (κ3) is 55.6. The van der Waals surface area contributed by atoms with Gasteiger partial charge in [-0.3, -0.25) is 14.4 Å². The van der Waals surface area contributed by atoms with Crippen molar-refractivity contribution in [2.24, 2.45) is 0 Å². The molecule has 1 atom stereocenters. The second-order valence-corrected chi connectivity index (χ2v) is 19.5.